The molecule has 1 aromatic heterocycles. The van der Waals surface area contributed by atoms with Crippen LogP contribution in [0.5, 0.6) is 0 Å². The van der Waals surface area contributed by atoms with Crippen LogP contribution < -0.4 is 5.73 Å². The molecule has 5 rings (SSSR count). The molecule has 1 atom stereocenters. The molecule has 0 aliphatic heterocycles. The van der Waals surface area contributed by atoms with E-state index in [1.807, 2.05) is 0 Å². The van der Waals surface area contributed by atoms with E-state index in [2.05, 4.69) is 17.1 Å². The van der Waals surface area contributed by atoms with Gasteiger partial charge in [-0.25, -0.2) is 4.98 Å². The molecule has 1 aromatic rings. The molecule has 0 radical (unpaired) electrons. The molecule has 0 saturated heterocycles. The van der Waals surface area contributed by atoms with Gasteiger partial charge in [0.05, 0.1) is 6.04 Å². The molecule has 0 amide bonds. The molecule has 1 heterocycles. The van der Waals surface area contributed by atoms with Crippen molar-refractivity contribution < 1.29 is 0 Å². The smallest absolute Gasteiger partial charge is 0.167 e. The number of nitrogens with two attached hydrogens (primary N) is 1. The van der Waals surface area contributed by atoms with Gasteiger partial charge < -0.3 is 5.73 Å². The third-order valence-electron chi connectivity index (χ3n) is 5.83. The van der Waals surface area contributed by atoms with E-state index in [0.29, 0.717) is 5.92 Å². The van der Waals surface area contributed by atoms with Crippen LogP contribution in [0.3, 0.4) is 0 Å². The molecule has 4 heteroatoms. The maximum Gasteiger partial charge on any atom is 0.167 e. The number of nitrogens with one attached hydrogen (secondary N) is 1. The summed E-state index contributed by atoms with van der Waals surface area (Å²) >= 11 is 0. The molecule has 0 aromatic carbocycles. The Morgan fingerprint density at radius 3 is 2.37 bits per heavy atom. The summed E-state index contributed by atoms with van der Waals surface area (Å²) < 4.78 is 0. The highest BCUT2D eigenvalue weighted by Crippen LogP contribution is 2.59. The SMILES string of the molecule is CCC(N)c1n[nH]c(C2C3CC4CC(C3)CC2C4)n1. The average molecular weight is 260 g/mol. The molecular weight excluding hydrogens is 236 g/mol. The lowest BCUT2D eigenvalue weighted by Gasteiger charge is -2.53. The Morgan fingerprint density at radius 2 is 1.79 bits per heavy atom. The van der Waals surface area contributed by atoms with Crippen molar-refractivity contribution in [1.29, 1.82) is 0 Å². The highest BCUT2D eigenvalue weighted by atomic mass is 15.2. The van der Waals surface area contributed by atoms with Crippen LogP contribution in [-0.4, -0.2) is 15.2 Å². The lowest BCUT2D eigenvalue weighted by molar-refractivity contribution is -0.00556. The van der Waals surface area contributed by atoms with Gasteiger partial charge in [0.25, 0.3) is 0 Å². The first-order valence-corrected chi connectivity index (χ1v) is 7.92. The summed E-state index contributed by atoms with van der Waals surface area (Å²) in [5.74, 6) is 6.32. The summed E-state index contributed by atoms with van der Waals surface area (Å²) in [4.78, 5) is 4.74. The van der Waals surface area contributed by atoms with Crippen molar-refractivity contribution in [3.8, 4) is 0 Å². The molecule has 4 bridgehead atoms. The minimum Gasteiger partial charge on any atom is -0.321 e. The molecule has 4 aliphatic rings. The monoisotopic (exact) mass is 260 g/mol. The van der Waals surface area contributed by atoms with Crippen molar-refractivity contribution in [2.24, 2.45) is 29.4 Å². The Bertz CT molecular complexity index is 438. The fraction of sp³-hybridized carbons (Fsp3) is 0.867. The number of aromatic nitrogens is 3. The van der Waals surface area contributed by atoms with Crippen molar-refractivity contribution in [3.05, 3.63) is 11.6 Å². The third kappa shape index (κ3) is 1.83. The van der Waals surface area contributed by atoms with Crippen molar-refractivity contribution in [1.82, 2.24) is 15.2 Å². The van der Waals surface area contributed by atoms with Gasteiger partial charge in [0, 0.05) is 5.92 Å². The number of nitrogens with zero attached hydrogens (tertiary/aromatic N) is 2. The van der Waals surface area contributed by atoms with Crippen LogP contribution in [0, 0.1) is 23.7 Å². The number of hydrogen-bond acceptors (Lipinski definition) is 3. The fourth-order valence-corrected chi connectivity index (χ4v) is 5.16. The zero-order chi connectivity index (χ0) is 13.0. The van der Waals surface area contributed by atoms with Gasteiger partial charge in [-0.15, -0.1) is 0 Å². The summed E-state index contributed by atoms with van der Waals surface area (Å²) in [5, 5.41) is 7.57. The molecule has 4 saturated carbocycles. The third-order valence-corrected chi connectivity index (χ3v) is 5.83. The van der Waals surface area contributed by atoms with Gasteiger partial charge in [-0.3, -0.25) is 5.10 Å². The number of rotatable bonds is 3. The topological polar surface area (TPSA) is 67.6 Å². The minimum absolute atomic E-state index is 0.0122. The van der Waals surface area contributed by atoms with E-state index in [-0.39, 0.29) is 6.04 Å². The van der Waals surface area contributed by atoms with Crippen LogP contribution in [0.1, 0.15) is 69.1 Å². The van der Waals surface area contributed by atoms with E-state index in [1.165, 1.54) is 32.1 Å². The fourth-order valence-electron chi connectivity index (χ4n) is 5.16. The van der Waals surface area contributed by atoms with Crippen molar-refractivity contribution in [2.75, 3.05) is 0 Å². The Balaban J connectivity index is 1.60. The Labute approximate surface area is 114 Å². The van der Waals surface area contributed by atoms with Gasteiger partial charge in [-0.1, -0.05) is 6.92 Å². The maximum absolute atomic E-state index is 6.04. The molecule has 0 spiro atoms. The highest BCUT2D eigenvalue weighted by molar-refractivity contribution is 5.11. The molecular formula is C15H24N4. The van der Waals surface area contributed by atoms with Gasteiger partial charge in [-0.05, 0) is 62.2 Å². The zero-order valence-corrected chi connectivity index (χ0v) is 11.7. The standard InChI is InChI=1S/C15H24N4/c1-2-12(16)14-17-15(19-18-14)13-10-4-8-3-9(6-10)7-11(13)5-8/h8-13H,2-7,16H2,1H3,(H,17,18,19). The van der Waals surface area contributed by atoms with Crippen LogP contribution >= 0.6 is 0 Å². The van der Waals surface area contributed by atoms with Crippen molar-refractivity contribution in [3.63, 3.8) is 0 Å². The molecule has 104 valence electrons. The highest BCUT2D eigenvalue weighted by Gasteiger charge is 2.49. The zero-order valence-electron chi connectivity index (χ0n) is 11.7. The minimum atomic E-state index is -0.0122. The van der Waals surface area contributed by atoms with Crippen LogP contribution in [0.25, 0.3) is 0 Å². The quantitative estimate of drug-likeness (QED) is 0.878. The molecule has 3 N–H and O–H groups in total. The summed E-state index contributed by atoms with van der Waals surface area (Å²) in [6, 6.07) is -0.0122. The van der Waals surface area contributed by atoms with Crippen molar-refractivity contribution in [2.45, 2.75) is 57.4 Å². The Hall–Kier alpha value is -0.900. The molecule has 4 aliphatic carbocycles. The summed E-state index contributed by atoms with van der Waals surface area (Å²) in [6.45, 7) is 2.09. The van der Waals surface area contributed by atoms with Crippen molar-refractivity contribution >= 4 is 0 Å². The normalized spacial score (nSPS) is 41.7. The first-order chi connectivity index (χ1) is 9.24. The van der Waals surface area contributed by atoms with Crippen LogP contribution in [0.15, 0.2) is 0 Å². The number of H-pyrrole nitrogens is 1. The second-order valence-corrected chi connectivity index (χ2v) is 7.05. The first-order valence-electron chi connectivity index (χ1n) is 7.92. The average Bonchev–Trinajstić information content (AvgIpc) is 2.86. The predicted octanol–water partition coefficient (Wildman–Crippen LogP) is 2.75. The van der Waals surface area contributed by atoms with Crippen LogP contribution in [-0.2, 0) is 0 Å². The molecule has 1 unspecified atom stereocenters. The van der Waals surface area contributed by atoms with E-state index in [1.54, 1.807) is 0 Å². The summed E-state index contributed by atoms with van der Waals surface area (Å²) in [7, 11) is 0. The van der Waals surface area contributed by atoms with E-state index >= 15 is 0 Å². The first kappa shape index (κ1) is 11.9. The Morgan fingerprint density at radius 1 is 1.16 bits per heavy atom. The van der Waals surface area contributed by atoms with Gasteiger partial charge in [0.2, 0.25) is 0 Å². The maximum atomic E-state index is 6.04. The second kappa shape index (κ2) is 4.30. The van der Waals surface area contributed by atoms with Crippen LogP contribution in [0.4, 0.5) is 0 Å². The van der Waals surface area contributed by atoms with Gasteiger partial charge in [-0.2, -0.15) is 5.10 Å². The largest absolute Gasteiger partial charge is 0.321 e. The van der Waals surface area contributed by atoms with Crippen LogP contribution in [0.2, 0.25) is 0 Å². The summed E-state index contributed by atoms with van der Waals surface area (Å²) in [5.41, 5.74) is 6.04. The predicted molar refractivity (Wildman–Crippen MR) is 73.4 cm³/mol. The molecule has 4 nitrogen and oxygen atoms in total. The van der Waals surface area contributed by atoms with E-state index in [4.69, 9.17) is 10.7 Å². The van der Waals surface area contributed by atoms with Gasteiger partial charge >= 0.3 is 0 Å². The lowest BCUT2D eigenvalue weighted by atomic mass is 9.52. The summed E-state index contributed by atoms with van der Waals surface area (Å²) in [6.07, 6.45) is 8.10. The van der Waals surface area contributed by atoms with E-state index in [9.17, 15) is 0 Å². The second-order valence-electron chi connectivity index (χ2n) is 7.05. The number of hydrogen-bond donors (Lipinski definition) is 2. The lowest BCUT2D eigenvalue weighted by Crippen LogP contribution is -2.44. The van der Waals surface area contributed by atoms with Gasteiger partial charge in [0.15, 0.2) is 5.82 Å². The molecule has 4 fully saturated rings. The van der Waals surface area contributed by atoms with E-state index < -0.39 is 0 Å². The Kier molecular flexibility index (Phi) is 2.69. The van der Waals surface area contributed by atoms with E-state index in [0.717, 1.165) is 41.7 Å². The molecule has 19 heavy (non-hydrogen) atoms. The number of aromatic amines is 1. The van der Waals surface area contributed by atoms with Gasteiger partial charge in [0.1, 0.15) is 5.82 Å².